The SMILES string of the molecule is CC(C)CC1(CC(C)C)COP(C)(=O)OC1. The van der Waals surface area contributed by atoms with Crippen LogP contribution in [0.1, 0.15) is 40.5 Å². The lowest BCUT2D eigenvalue weighted by Gasteiger charge is -2.41. The zero-order valence-corrected chi connectivity index (χ0v) is 12.0. The van der Waals surface area contributed by atoms with Gasteiger partial charge in [0.2, 0.25) is 0 Å². The number of hydrogen-bond donors (Lipinski definition) is 0. The fourth-order valence-electron chi connectivity index (χ4n) is 2.64. The van der Waals surface area contributed by atoms with Crippen molar-refractivity contribution in [1.82, 2.24) is 0 Å². The highest BCUT2D eigenvalue weighted by Crippen LogP contribution is 2.53. The average molecular weight is 248 g/mol. The predicted octanol–water partition coefficient (Wildman–Crippen LogP) is 3.93. The van der Waals surface area contributed by atoms with Gasteiger partial charge in [-0.3, -0.25) is 4.57 Å². The second-order valence-electron chi connectivity index (χ2n) is 6.01. The molecular weight excluding hydrogens is 223 g/mol. The molecular formula is C12H25O3P. The largest absolute Gasteiger partial charge is 0.327 e. The Kier molecular flexibility index (Phi) is 4.62. The van der Waals surface area contributed by atoms with E-state index in [-0.39, 0.29) is 5.41 Å². The van der Waals surface area contributed by atoms with Crippen LogP contribution in [0.3, 0.4) is 0 Å². The molecule has 0 aromatic carbocycles. The van der Waals surface area contributed by atoms with Gasteiger partial charge in [-0.05, 0) is 24.7 Å². The molecule has 1 saturated heterocycles. The highest BCUT2D eigenvalue weighted by atomic mass is 31.2. The molecule has 0 radical (unpaired) electrons. The lowest BCUT2D eigenvalue weighted by Crippen LogP contribution is -2.38. The molecule has 4 heteroatoms. The molecule has 1 aliphatic heterocycles. The number of hydrogen-bond acceptors (Lipinski definition) is 3. The first kappa shape index (κ1) is 14.2. The Balaban J connectivity index is 2.70. The first-order valence-electron chi connectivity index (χ1n) is 6.11. The van der Waals surface area contributed by atoms with E-state index in [2.05, 4.69) is 27.7 Å². The van der Waals surface area contributed by atoms with Crippen LogP contribution in [0.4, 0.5) is 0 Å². The van der Waals surface area contributed by atoms with E-state index in [0.717, 1.165) is 12.8 Å². The van der Waals surface area contributed by atoms with Gasteiger partial charge < -0.3 is 9.05 Å². The Morgan fingerprint density at radius 1 is 1.06 bits per heavy atom. The van der Waals surface area contributed by atoms with Crippen LogP contribution in [-0.4, -0.2) is 19.9 Å². The topological polar surface area (TPSA) is 35.5 Å². The molecule has 0 N–H and O–H groups in total. The van der Waals surface area contributed by atoms with Crippen LogP contribution in [0.25, 0.3) is 0 Å². The predicted molar refractivity (Wildman–Crippen MR) is 66.8 cm³/mol. The normalized spacial score (nSPS) is 23.9. The summed E-state index contributed by atoms with van der Waals surface area (Å²) in [7, 11) is -2.75. The molecule has 0 saturated carbocycles. The maximum absolute atomic E-state index is 11.6. The number of rotatable bonds is 4. The molecule has 0 aromatic rings. The molecule has 0 aliphatic carbocycles. The first-order chi connectivity index (χ1) is 7.25. The smallest absolute Gasteiger partial charge is 0.308 e. The van der Waals surface area contributed by atoms with Crippen LogP contribution in [-0.2, 0) is 13.6 Å². The average Bonchev–Trinajstić information content (AvgIpc) is 2.09. The Hall–Kier alpha value is 0.150. The van der Waals surface area contributed by atoms with Crippen LogP contribution < -0.4 is 0 Å². The van der Waals surface area contributed by atoms with Crippen LogP contribution in [0.2, 0.25) is 0 Å². The molecule has 0 amide bonds. The standard InChI is InChI=1S/C12H25O3P/c1-10(2)6-12(7-11(3)4)8-14-16(5,13)15-9-12/h10-11H,6-9H2,1-5H3. The molecule has 3 nitrogen and oxygen atoms in total. The van der Waals surface area contributed by atoms with Crippen LogP contribution in [0, 0.1) is 17.3 Å². The van der Waals surface area contributed by atoms with E-state index in [1.807, 2.05) is 0 Å². The van der Waals surface area contributed by atoms with Gasteiger partial charge in [-0.1, -0.05) is 27.7 Å². The summed E-state index contributed by atoms with van der Waals surface area (Å²) in [6, 6.07) is 0. The van der Waals surface area contributed by atoms with Crippen LogP contribution >= 0.6 is 7.60 Å². The molecule has 96 valence electrons. The van der Waals surface area contributed by atoms with E-state index in [1.54, 1.807) is 6.66 Å². The molecule has 0 bridgehead atoms. The van der Waals surface area contributed by atoms with Crippen molar-refractivity contribution in [3.05, 3.63) is 0 Å². The lowest BCUT2D eigenvalue weighted by molar-refractivity contribution is -0.00879. The minimum atomic E-state index is -2.75. The van der Waals surface area contributed by atoms with Crippen molar-refractivity contribution in [1.29, 1.82) is 0 Å². The van der Waals surface area contributed by atoms with Crippen molar-refractivity contribution in [2.45, 2.75) is 40.5 Å². The molecule has 16 heavy (non-hydrogen) atoms. The second kappa shape index (κ2) is 5.20. The zero-order valence-electron chi connectivity index (χ0n) is 11.2. The Morgan fingerprint density at radius 2 is 1.44 bits per heavy atom. The maximum Gasteiger partial charge on any atom is 0.327 e. The van der Waals surface area contributed by atoms with Crippen molar-refractivity contribution in [3.8, 4) is 0 Å². The van der Waals surface area contributed by atoms with Crippen molar-refractivity contribution in [2.24, 2.45) is 17.3 Å². The first-order valence-corrected chi connectivity index (χ1v) is 8.10. The van der Waals surface area contributed by atoms with Crippen molar-refractivity contribution >= 4 is 7.60 Å². The lowest BCUT2D eigenvalue weighted by atomic mass is 9.75. The minimum Gasteiger partial charge on any atom is -0.308 e. The quantitative estimate of drug-likeness (QED) is 0.707. The summed E-state index contributed by atoms with van der Waals surface area (Å²) in [4.78, 5) is 0. The van der Waals surface area contributed by atoms with Gasteiger partial charge in [-0.2, -0.15) is 0 Å². The van der Waals surface area contributed by atoms with E-state index in [1.165, 1.54) is 0 Å². The van der Waals surface area contributed by atoms with Crippen LogP contribution in [0.15, 0.2) is 0 Å². The molecule has 0 unspecified atom stereocenters. The van der Waals surface area contributed by atoms with Crippen molar-refractivity contribution in [2.75, 3.05) is 19.9 Å². The van der Waals surface area contributed by atoms with Crippen LogP contribution in [0.5, 0.6) is 0 Å². The summed E-state index contributed by atoms with van der Waals surface area (Å²) < 4.78 is 22.5. The Morgan fingerprint density at radius 3 is 1.75 bits per heavy atom. The van der Waals surface area contributed by atoms with Gasteiger partial charge >= 0.3 is 7.60 Å². The van der Waals surface area contributed by atoms with E-state index < -0.39 is 7.60 Å². The van der Waals surface area contributed by atoms with Gasteiger partial charge in [0.25, 0.3) is 0 Å². The zero-order chi connectivity index (χ0) is 12.4. The summed E-state index contributed by atoms with van der Waals surface area (Å²) in [5.74, 6) is 1.22. The third-order valence-corrected chi connectivity index (χ3v) is 4.09. The summed E-state index contributed by atoms with van der Waals surface area (Å²) in [6.07, 6.45) is 2.15. The molecule has 0 spiro atoms. The van der Waals surface area contributed by atoms with Crippen molar-refractivity contribution in [3.63, 3.8) is 0 Å². The van der Waals surface area contributed by atoms with Gasteiger partial charge in [0, 0.05) is 12.1 Å². The third kappa shape index (κ3) is 4.20. The van der Waals surface area contributed by atoms with E-state index >= 15 is 0 Å². The summed E-state index contributed by atoms with van der Waals surface area (Å²) >= 11 is 0. The van der Waals surface area contributed by atoms with Gasteiger partial charge in [0.1, 0.15) is 0 Å². The van der Waals surface area contributed by atoms with E-state index in [4.69, 9.17) is 9.05 Å². The molecule has 1 fully saturated rings. The van der Waals surface area contributed by atoms with Crippen molar-refractivity contribution < 1.29 is 13.6 Å². The Bertz CT molecular complexity index is 249. The van der Waals surface area contributed by atoms with E-state index in [9.17, 15) is 4.57 Å². The molecule has 0 atom stereocenters. The summed E-state index contributed by atoms with van der Waals surface area (Å²) in [6.45, 7) is 11.6. The fourth-order valence-corrected chi connectivity index (χ4v) is 3.73. The van der Waals surface area contributed by atoms with Gasteiger partial charge in [-0.15, -0.1) is 0 Å². The maximum atomic E-state index is 11.6. The van der Waals surface area contributed by atoms with Gasteiger partial charge in [-0.25, -0.2) is 0 Å². The fraction of sp³-hybridized carbons (Fsp3) is 1.00. The molecule has 1 aliphatic rings. The Labute approximate surface area is 99.4 Å². The highest BCUT2D eigenvalue weighted by Gasteiger charge is 2.40. The summed E-state index contributed by atoms with van der Waals surface area (Å²) in [5.41, 5.74) is 0.0618. The molecule has 1 heterocycles. The molecule has 1 rings (SSSR count). The second-order valence-corrected chi connectivity index (χ2v) is 8.07. The minimum absolute atomic E-state index is 0.0618. The summed E-state index contributed by atoms with van der Waals surface area (Å²) in [5, 5.41) is 0. The van der Waals surface area contributed by atoms with E-state index in [0.29, 0.717) is 25.0 Å². The van der Waals surface area contributed by atoms with Gasteiger partial charge in [0.05, 0.1) is 13.2 Å². The highest BCUT2D eigenvalue weighted by molar-refractivity contribution is 7.53. The monoisotopic (exact) mass is 248 g/mol. The van der Waals surface area contributed by atoms with Gasteiger partial charge in [0.15, 0.2) is 0 Å². The molecule has 0 aromatic heterocycles. The third-order valence-electron chi connectivity index (χ3n) is 2.89.